The lowest BCUT2D eigenvalue weighted by Gasteiger charge is -2.38. The Kier molecular flexibility index (Phi) is 5.96. The molecule has 1 aliphatic rings. The third-order valence-electron chi connectivity index (χ3n) is 4.59. The molecule has 0 spiro atoms. The largest absolute Gasteiger partial charge is 0.490 e. The number of hydrogen-bond donors (Lipinski definition) is 1. The van der Waals surface area contributed by atoms with E-state index in [1.165, 1.54) is 12.1 Å². The molecule has 1 aliphatic heterocycles. The number of ether oxygens (including phenoxy) is 1. The Morgan fingerprint density at radius 3 is 2.63 bits per heavy atom. The Balaban J connectivity index is 1.72. The molecule has 2 amide bonds. The number of benzene rings is 2. The van der Waals surface area contributed by atoms with Gasteiger partial charge >= 0.3 is 0 Å². The van der Waals surface area contributed by atoms with Crippen LogP contribution in [0, 0.1) is 11.7 Å². The third kappa shape index (κ3) is 4.98. The Morgan fingerprint density at radius 1 is 1.22 bits per heavy atom. The first kappa shape index (κ1) is 19.2. The third-order valence-corrected chi connectivity index (χ3v) is 4.82. The lowest BCUT2D eigenvalue weighted by Crippen LogP contribution is -2.49. The molecule has 1 heterocycles. The first-order valence-electron chi connectivity index (χ1n) is 8.68. The maximum atomic E-state index is 13.1. The van der Waals surface area contributed by atoms with Gasteiger partial charge in [-0.1, -0.05) is 17.7 Å². The fourth-order valence-corrected chi connectivity index (χ4v) is 3.49. The Labute approximate surface area is 161 Å². The summed E-state index contributed by atoms with van der Waals surface area (Å²) in [4.78, 5) is 25.9. The summed E-state index contributed by atoms with van der Waals surface area (Å²) in [6.07, 6.45) is 0.360. The summed E-state index contributed by atoms with van der Waals surface area (Å²) >= 11 is 5.97. The van der Waals surface area contributed by atoms with Crippen LogP contribution in [0.3, 0.4) is 0 Å². The number of halogens is 2. The molecule has 7 heteroatoms. The number of amides is 2. The second-order valence-electron chi connectivity index (χ2n) is 6.59. The number of primary amides is 1. The average Bonchev–Trinajstić information content (AvgIpc) is 2.64. The van der Waals surface area contributed by atoms with Crippen LogP contribution in [0.2, 0.25) is 5.02 Å². The van der Waals surface area contributed by atoms with E-state index in [4.69, 9.17) is 22.1 Å². The molecule has 1 saturated heterocycles. The zero-order valence-electron chi connectivity index (χ0n) is 14.6. The van der Waals surface area contributed by atoms with Crippen molar-refractivity contribution in [1.82, 2.24) is 4.90 Å². The molecule has 5 nitrogen and oxygen atoms in total. The van der Waals surface area contributed by atoms with Crippen LogP contribution in [0.15, 0.2) is 48.5 Å². The van der Waals surface area contributed by atoms with E-state index >= 15 is 0 Å². The molecule has 0 unspecified atom stereocenters. The maximum absolute atomic E-state index is 13.1. The zero-order valence-corrected chi connectivity index (χ0v) is 15.4. The van der Waals surface area contributed by atoms with Crippen LogP contribution < -0.4 is 10.5 Å². The summed E-state index contributed by atoms with van der Waals surface area (Å²) in [5.74, 6) is -0.676. The molecule has 27 heavy (non-hydrogen) atoms. The highest BCUT2D eigenvalue weighted by Crippen LogP contribution is 2.27. The Morgan fingerprint density at radius 2 is 1.96 bits per heavy atom. The quantitative estimate of drug-likeness (QED) is 0.851. The second-order valence-corrected chi connectivity index (χ2v) is 7.03. The lowest BCUT2D eigenvalue weighted by atomic mass is 9.90. The fraction of sp³-hybridized carbons (Fsp3) is 0.300. The first-order valence-corrected chi connectivity index (χ1v) is 9.05. The minimum Gasteiger partial charge on any atom is -0.490 e. The summed E-state index contributed by atoms with van der Waals surface area (Å²) < 4.78 is 19.0. The standard InChI is InChI=1S/C20H20ClFN2O3/c21-15-3-1-2-13(10-15)20(26)24-9-8-18(14(12-24)11-19(23)25)27-17-6-4-16(22)5-7-17/h1-7,10,14,18H,8-9,11-12H2,(H2,23,25)/t14-,18-/m0/s1. The van der Waals surface area contributed by atoms with Crippen molar-refractivity contribution in [2.24, 2.45) is 11.7 Å². The number of piperidine rings is 1. The van der Waals surface area contributed by atoms with Gasteiger partial charge in [-0.25, -0.2) is 4.39 Å². The summed E-state index contributed by atoms with van der Waals surface area (Å²) in [6, 6.07) is 12.5. The van der Waals surface area contributed by atoms with Crippen molar-refractivity contribution in [3.8, 4) is 5.75 Å². The molecule has 1 fully saturated rings. The predicted molar refractivity (Wildman–Crippen MR) is 100 cm³/mol. The zero-order chi connectivity index (χ0) is 19.4. The van der Waals surface area contributed by atoms with Gasteiger partial charge in [-0.15, -0.1) is 0 Å². The molecule has 0 aromatic heterocycles. The van der Waals surface area contributed by atoms with Gasteiger partial charge in [0.1, 0.15) is 17.7 Å². The van der Waals surface area contributed by atoms with Gasteiger partial charge in [0.15, 0.2) is 0 Å². The molecule has 0 bridgehead atoms. The monoisotopic (exact) mass is 390 g/mol. The Bertz CT molecular complexity index is 828. The summed E-state index contributed by atoms with van der Waals surface area (Å²) in [5, 5.41) is 0.490. The number of likely N-dealkylation sites (tertiary alicyclic amines) is 1. The topological polar surface area (TPSA) is 72.6 Å². The number of carbonyl (C=O) groups excluding carboxylic acids is 2. The van der Waals surface area contributed by atoms with Gasteiger partial charge in [-0.3, -0.25) is 9.59 Å². The van der Waals surface area contributed by atoms with E-state index < -0.39 is 5.91 Å². The molecular formula is C20H20ClFN2O3. The molecule has 2 aromatic rings. The number of nitrogens with zero attached hydrogens (tertiary/aromatic N) is 1. The summed E-state index contributed by atoms with van der Waals surface area (Å²) in [5.41, 5.74) is 5.88. The molecule has 3 rings (SSSR count). The minimum absolute atomic E-state index is 0.102. The summed E-state index contributed by atoms with van der Waals surface area (Å²) in [7, 11) is 0. The number of hydrogen-bond acceptors (Lipinski definition) is 3. The van der Waals surface area contributed by atoms with Crippen LogP contribution in [-0.4, -0.2) is 35.9 Å². The molecule has 2 atom stereocenters. The fourth-order valence-electron chi connectivity index (χ4n) is 3.30. The van der Waals surface area contributed by atoms with Gasteiger partial charge in [-0.05, 0) is 42.5 Å². The second kappa shape index (κ2) is 8.39. The molecule has 142 valence electrons. The van der Waals surface area contributed by atoms with Gasteiger partial charge in [-0.2, -0.15) is 0 Å². The van der Waals surface area contributed by atoms with E-state index in [9.17, 15) is 14.0 Å². The predicted octanol–water partition coefficient (Wildman–Crippen LogP) is 3.26. The van der Waals surface area contributed by atoms with Crippen LogP contribution in [0.1, 0.15) is 23.2 Å². The number of rotatable bonds is 5. The van der Waals surface area contributed by atoms with Crippen molar-refractivity contribution in [1.29, 1.82) is 0 Å². The average molecular weight is 391 g/mol. The lowest BCUT2D eigenvalue weighted by molar-refractivity contribution is -0.120. The molecular weight excluding hydrogens is 371 g/mol. The van der Waals surface area contributed by atoms with E-state index in [0.717, 1.165) is 0 Å². The minimum atomic E-state index is -0.454. The highest BCUT2D eigenvalue weighted by atomic mass is 35.5. The van der Waals surface area contributed by atoms with Gasteiger partial charge < -0.3 is 15.4 Å². The van der Waals surface area contributed by atoms with Crippen LogP contribution in [-0.2, 0) is 4.79 Å². The van der Waals surface area contributed by atoms with E-state index in [0.29, 0.717) is 35.8 Å². The highest BCUT2D eigenvalue weighted by molar-refractivity contribution is 6.30. The first-order chi connectivity index (χ1) is 12.9. The van der Waals surface area contributed by atoms with Gasteiger partial charge in [0.25, 0.3) is 5.91 Å². The normalized spacial score (nSPS) is 19.6. The molecule has 0 aliphatic carbocycles. The Hall–Kier alpha value is -2.60. The number of nitrogens with two attached hydrogens (primary N) is 1. The van der Waals surface area contributed by atoms with Crippen LogP contribution in [0.5, 0.6) is 5.75 Å². The molecule has 2 aromatic carbocycles. The van der Waals surface area contributed by atoms with E-state index in [1.54, 1.807) is 41.3 Å². The van der Waals surface area contributed by atoms with E-state index in [2.05, 4.69) is 0 Å². The SMILES string of the molecule is NC(=O)C[C@H]1CN(C(=O)c2cccc(Cl)c2)CC[C@@H]1Oc1ccc(F)cc1. The van der Waals surface area contributed by atoms with Gasteiger partial charge in [0.05, 0.1) is 0 Å². The van der Waals surface area contributed by atoms with Gasteiger partial charge in [0, 0.05) is 42.4 Å². The van der Waals surface area contributed by atoms with Crippen molar-refractivity contribution in [2.45, 2.75) is 18.9 Å². The highest BCUT2D eigenvalue weighted by Gasteiger charge is 2.34. The smallest absolute Gasteiger partial charge is 0.253 e. The van der Waals surface area contributed by atoms with Crippen molar-refractivity contribution in [3.63, 3.8) is 0 Å². The molecule has 2 N–H and O–H groups in total. The number of carbonyl (C=O) groups is 2. The van der Waals surface area contributed by atoms with Crippen LogP contribution in [0.25, 0.3) is 0 Å². The van der Waals surface area contributed by atoms with E-state index in [1.807, 2.05) is 0 Å². The van der Waals surface area contributed by atoms with Crippen LogP contribution in [0.4, 0.5) is 4.39 Å². The van der Waals surface area contributed by atoms with Crippen LogP contribution >= 0.6 is 11.6 Å². The van der Waals surface area contributed by atoms with Crippen molar-refractivity contribution in [2.75, 3.05) is 13.1 Å². The van der Waals surface area contributed by atoms with Crippen molar-refractivity contribution < 1.29 is 18.7 Å². The molecule has 0 radical (unpaired) electrons. The maximum Gasteiger partial charge on any atom is 0.253 e. The van der Waals surface area contributed by atoms with Crippen molar-refractivity contribution in [3.05, 3.63) is 64.9 Å². The molecule has 0 saturated carbocycles. The summed E-state index contributed by atoms with van der Waals surface area (Å²) in [6.45, 7) is 0.826. The van der Waals surface area contributed by atoms with Crippen molar-refractivity contribution >= 4 is 23.4 Å². The van der Waals surface area contributed by atoms with Gasteiger partial charge in [0.2, 0.25) is 5.91 Å². The van der Waals surface area contributed by atoms with E-state index in [-0.39, 0.29) is 30.2 Å².